The number of carbonyl (C=O) groups excluding carboxylic acids is 2. The third-order valence-electron chi connectivity index (χ3n) is 3.32. The summed E-state index contributed by atoms with van der Waals surface area (Å²) in [6.07, 6.45) is 3.34. The minimum Gasteiger partial charge on any atom is -0.466 e. The molecule has 1 heterocycles. The summed E-state index contributed by atoms with van der Waals surface area (Å²) in [5, 5.41) is 0. The molecule has 0 saturated heterocycles. The molecular weight excluding hydrogens is 292 g/mol. The van der Waals surface area contributed by atoms with Crippen molar-refractivity contribution in [3.05, 3.63) is 66.0 Å². The van der Waals surface area contributed by atoms with Gasteiger partial charge in [0.1, 0.15) is 0 Å². The average Bonchev–Trinajstić information content (AvgIpc) is 2.60. The zero-order valence-corrected chi connectivity index (χ0v) is 13.1. The van der Waals surface area contributed by atoms with E-state index in [9.17, 15) is 9.59 Å². The third kappa shape index (κ3) is 5.21. The number of pyridine rings is 1. The Morgan fingerprint density at radius 1 is 1.09 bits per heavy atom. The van der Waals surface area contributed by atoms with Gasteiger partial charge in [0.2, 0.25) is 0 Å². The number of carbonyl (C=O) groups is 2. The summed E-state index contributed by atoms with van der Waals surface area (Å²) in [7, 11) is 0. The molecule has 1 aromatic heterocycles. The highest BCUT2D eigenvalue weighted by Gasteiger charge is 2.17. The van der Waals surface area contributed by atoms with Gasteiger partial charge in [0.15, 0.2) is 0 Å². The molecule has 0 fully saturated rings. The van der Waals surface area contributed by atoms with Crippen molar-refractivity contribution in [3.8, 4) is 0 Å². The minimum atomic E-state index is -0.298. The highest BCUT2D eigenvalue weighted by atomic mass is 16.5. The first-order chi connectivity index (χ1) is 11.2. The van der Waals surface area contributed by atoms with Crippen molar-refractivity contribution in [2.24, 2.45) is 0 Å². The molecule has 5 nitrogen and oxygen atoms in total. The fourth-order valence-corrected chi connectivity index (χ4v) is 2.19. The number of aromatic nitrogens is 1. The van der Waals surface area contributed by atoms with Crippen LogP contribution in [-0.4, -0.2) is 34.9 Å². The van der Waals surface area contributed by atoms with Gasteiger partial charge in [0.25, 0.3) is 5.91 Å². The zero-order chi connectivity index (χ0) is 16.5. The number of benzene rings is 1. The number of esters is 1. The Bertz CT molecular complexity index is 629. The molecule has 2 rings (SSSR count). The van der Waals surface area contributed by atoms with E-state index in [1.54, 1.807) is 36.4 Å². The molecule has 0 atom stereocenters. The smallest absolute Gasteiger partial charge is 0.307 e. The number of hydrogen-bond donors (Lipinski definition) is 0. The predicted molar refractivity (Wildman–Crippen MR) is 86.7 cm³/mol. The Morgan fingerprint density at radius 3 is 2.43 bits per heavy atom. The lowest BCUT2D eigenvalue weighted by Gasteiger charge is -2.22. The fraction of sp³-hybridized carbons (Fsp3) is 0.278. The SMILES string of the molecule is CCOC(=O)CCN(Cc1ccccc1)C(=O)c1ccncc1. The van der Waals surface area contributed by atoms with E-state index in [1.807, 2.05) is 30.3 Å². The second-order valence-electron chi connectivity index (χ2n) is 5.00. The van der Waals surface area contributed by atoms with Crippen molar-refractivity contribution in [2.75, 3.05) is 13.2 Å². The summed E-state index contributed by atoms with van der Waals surface area (Å²) in [4.78, 5) is 29.8. The average molecular weight is 312 g/mol. The molecule has 1 aromatic carbocycles. The first-order valence-electron chi connectivity index (χ1n) is 7.59. The van der Waals surface area contributed by atoms with Gasteiger partial charge in [-0.25, -0.2) is 0 Å². The largest absolute Gasteiger partial charge is 0.466 e. The Labute approximate surface area is 135 Å². The first-order valence-corrected chi connectivity index (χ1v) is 7.59. The summed E-state index contributed by atoms with van der Waals surface area (Å²) in [5.74, 6) is -0.423. The maximum Gasteiger partial charge on any atom is 0.307 e. The van der Waals surface area contributed by atoms with E-state index in [1.165, 1.54) is 0 Å². The molecule has 23 heavy (non-hydrogen) atoms. The van der Waals surface area contributed by atoms with E-state index in [0.29, 0.717) is 25.3 Å². The van der Waals surface area contributed by atoms with Gasteiger partial charge in [-0.15, -0.1) is 0 Å². The topological polar surface area (TPSA) is 59.5 Å². The molecule has 2 aromatic rings. The second-order valence-corrected chi connectivity index (χ2v) is 5.00. The van der Waals surface area contributed by atoms with Gasteiger partial charge in [-0.3, -0.25) is 14.6 Å². The standard InChI is InChI=1S/C18H20N2O3/c1-2-23-17(21)10-13-20(14-15-6-4-3-5-7-15)18(22)16-8-11-19-12-9-16/h3-9,11-12H,2,10,13-14H2,1H3. The van der Waals surface area contributed by atoms with Crippen LogP contribution in [0.1, 0.15) is 29.3 Å². The van der Waals surface area contributed by atoms with Crippen molar-refractivity contribution in [2.45, 2.75) is 19.9 Å². The van der Waals surface area contributed by atoms with Crippen LogP contribution < -0.4 is 0 Å². The van der Waals surface area contributed by atoms with Crippen molar-refractivity contribution >= 4 is 11.9 Å². The van der Waals surface area contributed by atoms with Gasteiger partial charge in [-0.1, -0.05) is 30.3 Å². The molecule has 0 aliphatic heterocycles. The van der Waals surface area contributed by atoms with Crippen LogP contribution in [-0.2, 0) is 16.1 Å². The summed E-state index contributed by atoms with van der Waals surface area (Å²) in [5.41, 5.74) is 1.57. The van der Waals surface area contributed by atoms with E-state index >= 15 is 0 Å². The van der Waals surface area contributed by atoms with Crippen LogP contribution in [0.4, 0.5) is 0 Å². The van der Waals surface area contributed by atoms with E-state index in [0.717, 1.165) is 5.56 Å². The molecule has 0 saturated carbocycles. The maximum atomic E-state index is 12.7. The van der Waals surface area contributed by atoms with Gasteiger partial charge < -0.3 is 9.64 Å². The van der Waals surface area contributed by atoms with E-state index in [2.05, 4.69) is 4.98 Å². The fourth-order valence-electron chi connectivity index (χ4n) is 2.19. The highest BCUT2D eigenvalue weighted by molar-refractivity contribution is 5.94. The predicted octanol–water partition coefficient (Wildman–Crippen LogP) is 2.68. The van der Waals surface area contributed by atoms with Crippen molar-refractivity contribution in [3.63, 3.8) is 0 Å². The monoisotopic (exact) mass is 312 g/mol. The molecule has 0 aliphatic rings. The number of nitrogens with zero attached hydrogens (tertiary/aromatic N) is 2. The highest BCUT2D eigenvalue weighted by Crippen LogP contribution is 2.10. The van der Waals surface area contributed by atoms with Gasteiger partial charge in [0, 0.05) is 31.0 Å². The van der Waals surface area contributed by atoms with E-state index in [4.69, 9.17) is 4.74 Å². The lowest BCUT2D eigenvalue weighted by atomic mass is 10.1. The Balaban J connectivity index is 2.10. The number of hydrogen-bond acceptors (Lipinski definition) is 4. The molecule has 0 aliphatic carbocycles. The summed E-state index contributed by atoms with van der Waals surface area (Å²) < 4.78 is 4.94. The Hall–Kier alpha value is -2.69. The molecule has 0 radical (unpaired) electrons. The van der Waals surface area contributed by atoms with Crippen LogP contribution in [0.5, 0.6) is 0 Å². The van der Waals surface area contributed by atoms with Crippen LogP contribution in [0.25, 0.3) is 0 Å². The van der Waals surface area contributed by atoms with Gasteiger partial charge in [0.05, 0.1) is 13.0 Å². The molecule has 5 heteroatoms. The lowest BCUT2D eigenvalue weighted by molar-refractivity contribution is -0.143. The van der Waals surface area contributed by atoms with Crippen LogP contribution in [0.15, 0.2) is 54.9 Å². The molecule has 120 valence electrons. The molecule has 0 bridgehead atoms. The lowest BCUT2D eigenvalue weighted by Crippen LogP contribution is -2.33. The van der Waals surface area contributed by atoms with Crippen molar-refractivity contribution < 1.29 is 14.3 Å². The Kier molecular flexibility index (Phi) is 6.29. The molecule has 0 unspecified atom stereocenters. The summed E-state index contributed by atoms with van der Waals surface area (Å²) in [6.45, 7) is 2.87. The second kappa shape index (κ2) is 8.68. The number of ether oxygens (including phenoxy) is 1. The molecule has 0 spiro atoms. The number of rotatable bonds is 7. The molecule has 1 amide bonds. The van der Waals surface area contributed by atoms with Crippen molar-refractivity contribution in [1.82, 2.24) is 9.88 Å². The normalized spacial score (nSPS) is 10.1. The third-order valence-corrected chi connectivity index (χ3v) is 3.32. The minimum absolute atomic E-state index is 0.124. The van der Waals surface area contributed by atoms with E-state index < -0.39 is 0 Å². The summed E-state index contributed by atoms with van der Waals surface area (Å²) in [6, 6.07) is 13.0. The number of amides is 1. The van der Waals surface area contributed by atoms with E-state index in [-0.39, 0.29) is 18.3 Å². The maximum absolute atomic E-state index is 12.7. The van der Waals surface area contributed by atoms with Crippen LogP contribution in [0, 0.1) is 0 Å². The zero-order valence-electron chi connectivity index (χ0n) is 13.1. The first kappa shape index (κ1) is 16.7. The quantitative estimate of drug-likeness (QED) is 0.738. The van der Waals surface area contributed by atoms with Crippen LogP contribution >= 0.6 is 0 Å². The van der Waals surface area contributed by atoms with Crippen LogP contribution in [0.2, 0.25) is 0 Å². The molecular formula is C18H20N2O3. The molecule has 0 N–H and O–H groups in total. The van der Waals surface area contributed by atoms with Gasteiger partial charge in [-0.05, 0) is 24.6 Å². The summed E-state index contributed by atoms with van der Waals surface area (Å²) >= 11 is 0. The van der Waals surface area contributed by atoms with Crippen LogP contribution in [0.3, 0.4) is 0 Å². The van der Waals surface area contributed by atoms with Crippen molar-refractivity contribution in [1.29, 1.82) is 0 Å². The van der Waals surface area contributed by atoms with Gasteiger partial charge >= 0.3 is 5.97 Å². The van der Waals surface area contributed by atoms with Gasteiger partial charge in [-0.2, -0.15) is 0 Å². The Morgan fingerprint density at radius 2 is 1.78 bits per heavy atom.